The molecule has 3 heterocycles. The van der Waals surface area contributed by atoms with E-state index in [1.807, 2.05) is 11.0 Å². The minimum Gasteiger partial charge on any atom is -0.454 e. The minimum absolute atomic E-state index is 0.000461. The first kappa shape index (κ1) is 16.7. The summed E-state index contributed by atoms with van der Waals surface area (Å²) in [5.41, 5.74) is 0.810. The molecule has 1 amide bonds. The average molecular weight is 366 g/mol. The van der Waals surface area contributed by atoms with Crippen LogP contribution in [0.1, 0.15) is 18.4 Å². The summed E-state index contributed by atoms with van der Waals surface area (Å²) >= 11 is 6.16. The molecule has 6 nitrogen and oxygen atoms in total. The van der Waals surface area contributed by atoms with E-state index < -0.39 is 0 Å². The lowest BCUT2D eigenvalue weighted by molar-refractivity contribution is -0.131. The third kappa shape index (κ3) is 3.61. The van der Waals surface area contributed by atoms with Gasteiger partial charge in [-0.25, -0.2) is 0 Å². The topological polar surface area (TPSA) is 57.2 Å². The van der Waals surface area contributed by atoms with E-state index in [1.165, 1.54) is 0 Å². The number of carbonyl (C=O) groups is 1. The van der Waals surface area contributed by atoms with E-state index in [1.54, 1.807) is 18.2 Å². The Kier molecular flexibility index (Phi) is 4.83. The Bertz CT molecular complexity index is 678. The normalized spacial score (nSPS) is 21.4. The number of ether oxygens (including phenoxy) is 4. The summed E-state index contributed by atoms with van der Waals surface area (Å²) in [6.45, 7) is 2.96. The first-order chi connectivity index (χ1) is 12.2. The fourth-order valence-electron chi connectivity index (χ4n) is 3.40. The number of fused-ring (bicyclic) bond motifs is 1. The molecule has 3 aliphatic heterocycles. The Balaban J connectivity index is 1.34. The number of carbonyl (C=O) groups excluding carboxylic acids is 1. The minimum atomic E-state index is -0.0939. The second-order valence-electron chi connectivity index (χ2n) is 6.34. The molecule has 0 aromatic heterocycles. The summed E-state index contributed by atoms with van der Waals surface area (Å²) in [4.78, 5) is 14.3. The van der Waals surface area contributed by atoms with Crippen LogP contribution in [0.4, 0.5) is 0 Å². The zero-order valence-corrected chi connectivity index (χ0v) is 14.5. The van der Waals surface area contributed by atoms with Crippen LogP contribution in [0.25, 0.3) is 6.08 Å². The molecule has 3 aliphatic rings. The number of rotatable bonds is 3. The monoisotopic (exact) mass is 365 g/mol. The average Bonchev–Trinajstić information content (AvgIpc) is 3.31. The van der Waals surface area contributed by atoms with Crippen LogP contribution in [0.2, 0.25) is 5.02 Å². The van der Waals surface area contributed by atoms with E-state index in [4.69, 9.17) is 30.5 Å². The number of likely N-dealkylation sites (tertiary alicyclic amines) is 1. The standard InChI is InChI=1S/C18H20ClNO5/c19-14-9-12(10-15-17(14)25-11-24-15)1-2-16(21)20-5-3-13(4-6-20)18-22-7-8-23-18/h1-2,9-10,13,18H,3-8,11H2/b2-1+. The third-order valence-corrected chi connectivity index (χ3v) is 5.03. The van der Waals surface area contributed by atoms with Crippen molar-refractivity contribution in [3.8, 4) is 11.5 Å². The van der Waals surface area contributed by atoms with E-state index in [2.05, 4.69) is 0 Å². The number of amides is 1. The van der Waals surface area contributed by atoms with Gasteiger partial charge in [0.2, 0.25) is 12.7 Å². The van der Waals surface area contributed by atoms with E-state index in [0.29, 0.717) is 35.7 Å². The van der Waals surface area contributed by atoms with Gasteiger partial charge in [-0.15, -0.1) is 0 Å². The Morgan fingerprint density at radius 2 is 1.92 bits per heavy atom. The van der Waals surface area contributed by atoms with Crippen molar-refractivity contribution in [1.82, 2.24) is 4.90 Å². The van der Waals surface area contributed by atoms with Gasteiger partial charge in [0.15, 0.2) is 17.8 Å². The summed E-state index contributed by atoms with van der Waals surface area (Å²) in [5.74, 6) is 1.55. The lowest BCUT2D eigenvalue weighted by Crippen LogP contribution is -2.40. The molecule has 0 aliphatic carbocycles. The Hall–Kier alpha value is -1.76. The largest absolute Gasteiger partial charge is 0.454 e. The maximum absolute atomic E-state index is 12.4. The molecule has 25 heavy (non-hydrogen) atoms. The van der Waals surface area contributed by atoms with Crippen LogP contribution in [-0.4, -0.2) is 50.2 Å². The van der Waals surface area contributed by atoms with Gasteiger partial charge in [-0.3, -0.25) is 4.79 Å². The highest BCUT2D eigenvalue weighted by Gasteiger charge is 2.31. The number of nitrogens with zero attached hydrogens (tertiary/aromatic N) is 1. The molecule has 0 atom stereocenters. The van der Waals surface area contributed by atoms with Crippen LogP contribution in [-0.2, 0) is 14.3 Å². The van der Waals surface area contributed by atoms with Crippen molar-refractivity contribution in [1.29, 1.82) is 0 Å². The molecule has 0 saturated carbocycles. The van der Waals surface area contributed by atoms with Crippen LogP contribution in [0, 0.1) is 5.92 Å². The summed E-state index contributed by atoms with van der Waals surface area (Å²) < 4.78 is 21.8. The number of benzene rings is 1. The highest BCUT2D eigenvalue weighted by molar-refractivity contribution is 6.32. The highest BCUT2D eigenvalue weighted by atomic mass is 35.5. The van der Waals surface area contributed by atoms with Crippen LogP contribution in [0.15, 0.2) is 18.2 Å². The molecule has 1 aromatic carbocycles. The van der Waals surface area contributed by atoms with Crippen LogP contribution >= 0.6 is 11.6 Å². The molecular formula is C18H20ClNO5. The Morgan fingerprint density at radius 3 is 2.68 bits per heavy atom. The number of piperidine rings is 1. The second kappa shape index (κ2) is 7.23. The molecule has 0 unspecified atom stereocenters. The fraction of sp³-hybridized carbons (Fsp3) is 0.500. The van der Waals surface area contributed by atoms with Gasteiger partial charge in [0.1, 0.15) is 0 Å². The molecule has 0 N–H and O–H groups in total. The highest BCUT2D eigenvalue weighted by Crippen LogP contribution is 2.40. The van der Waals surface area contributed by atoms with Gasteiger partial charge in [0, 0.05) is 25.1 Å². The molecular weight excluding hydrogens is 346 g/mol. The lowest BCUT2D eigenvalue weighted by atomic mass is 9.96. The van der Waals surface area contributed by atoms with E-state index >= 15 is 0 Å². The second-order valence-corrected chi connectivity index (χ2v) is 6.75. The molecule has 0 radical (unpaired) electrons. The Labute approximate surface area is 151 Å². The zero-order valence-electron chi connectivity index (χ0n) is 13.8. The van der Waals surface area contributed by atoms with Crippen LogP contribution in [0.5, 0.6) is 11.5 Å². The zero-order chi connectivity index (χ0) is 17.2. The van der Waals surface area contributed by atoms with Crippen molar-refractivity contribution in [2.24, 2.45) is 5.92 Å². The van der Waals surface area contributed by atoms with Crippen molar-refractivity contribution < 1.29 is 23.7 Å². The Morgan fingerprint density at radius 1 is 1.16 bits per heavy atom. The van der Waals surface area contributed by atoms with Gasteiger partial charge in [-0.2, -0.15) is 0 Å². The first-order valence-corrected chi connectivity index (χ1v) is 8.88. The maximum Gasteiger partial charge on any atom is 0.246 e. The van der Waals surface area contributed by atoms with Gasteiger partial charge in [-0.05, 0) is 36.6 Å². The molecule has 0 bridgehead atoms. The van der Waals surface area contributed by atoms with Crippen molar-refractivity contribution in [3.05, 3.63) is 28.8 Å². The fourth-order valence-corrected chi connectivity index (χ4v) is 3.67. The summed E-state index contributed by atoms with van der Waals surface area (Å²) in [6, 6.07) is 3.58. The van der Waals surface area contributed by atoms with E-state index in [0.717, 1.165) is 31.5 Å². The van der Waals surface area contributed by atoms with Gasteiger partial charge < -0.3 is 23.8 Å². The van der Waals surface area contributed by atoms with Gasteiger partial charge in [-0.1, -0.05) is 11.6 Å². The van der Waals surface area contributed by atoms with Crippen LogP contribution < -0.4 is 9.47 Å². The van der Waals surface area contributed by atoms with Crippen molar-refractivity contribution >= 4 is 23.6 Å². The molecule has 7 heteroatoms. The van der Waals surface area contributed by atoms with E-state index in [-0.39, 0.29) is 19.0 Å². The predicted octanol–water partition coefficient (Wildman–Crippen LogP) is 2.69. The van der Waals surface area contributed by atoms with Gasteiger partial charge in [0.25, 0.3) is 0 Å². The summed E-state index contributed by atoms with van der Waals surface area (Å²) in [6.07, 6.45) is 5.05. The summed E-state index contributed by atoms with van der Waals surface area (Å²) in [5, 5.41) is 0.486. The molecule has 2 fully saturated rings. The predicted molar refractivity (Wildman–Crippen MR) is 91.6 cm³/mol. The first-order valence-electron chi connectivity index (χ1n) is 8.50. The molecule has 134 valence electrons. The summed E-state index contributed by atoms with van der Waals surface area (Å²) in [7, 11) is 0. The van der Waals surface area contributed by atoms with Crippen molar-refractivity contribution in [2.45, 2.75) is 19.1 Å². The molecule has 1 aromatic rings. The quantitative estimate of drug-likeness (QED) is 0.771. The van der Waals surface area contributed by atoms with Crippen LogP contribution in [0.3, 0.4) is 0 Å². The number of halogens is 1. The number of hydrogen-bond donors (Lipinski definition) is 0. The molecule has 0 spiro atoms. The van der Waals surface area contributed by atoms with E-state index in [9.17, 15) is 4.79 Å². The third-order valence-electron chi connectivity index (χ3n) is 4.75. The van der Waals surface area contributed by atoms with Gasteiger partial charge in [0.05, 0.1) is 18.2 Å². The lowest BCUT2D eigenvalue weighted by Gasteiger charge is -2.33. The van der Waals surface area contributed by atoms with Crippen molar-refractivity contribution in [2.75, 3.05) is 33.1 Å². The number of hydrogen-bond acceptors (Lipinski definition) is 5. The molecule has 2 saturated heterocycles. The molecule has 4 rings (SSSR count). The van der Waals surface area contributed by atoms with Crippen molar-refractivity contribution in [3.63, 3.8) is 0 Å². The maximum atomic E-state index is 12.4. The van der Waals surface area contributed by atoms with Gasteiger partial charge >= 0.3 is 0 Å². The SMILES string of the molecule is O=C(/C=C/c1cc(Cl)c2c(c1)OCO2)N1CCC(C2OCCO2)CC1. The smallest absolute Gasteiger partial charge is 0.246 e.